The molecule has 3 rings (SSSR count). The fourth-order valence-corrected chi connectivity index (χ4v) is 5.44. The number of carbonyl (C=O) groups excluding carboxylic acids is 1. The van der Waals surface area contributed by atoms with Crippen LogP contribution in [0.1, 0.15) is 75.5 Å². The van der Waals surface area contributed by atoms with E-state index in [1.807, 2.05) is 45.9 Å². The number of carbonyl (C=O) groups is 1. The molecule has 1 atom stereocenters. The Morgan fingerprint density at radius 3 is 2.33 bits per heavy atom. The van der Waals surface area contributed by atoms with E-state index in [4.69, 9.17) is 4.74 Å². The van der Waals surface area contributed by atoms with Gasteiger partial charge < -0.3 is 15.2 Å². The van der Waals surface area contributed by atoms with E-state index in [9.17, 15) is 14.3 Å². The van der Waals surface area contributed by atoms with Crippen molar-refractivity contribution in [2.75, 3.05) is 12.4 Å². The zero-order valence-electron chi connectivity index (χ0n) is 20.6. The van der Waals surface area contributed by atoms with Gasteiger partial charge in [0, 0.05) is 11.3 Å². The van der Waals surface area contributed by atoms with Crippen molar-refractivity contribution >= 4 is 11.6 Å². The first kappa shape index (κ1) is 25.2. The van der Waals surface area contributed by atoms with Crippen LogP contribution in [0.15, 0.2) is 36.4 Å². The lowest BCUT2D eigenvalue weighted by Gasteiger charge is -2.39. The number of halogens is 1. The van der Waals surface area contributed by atoms with Gasteiger partial charge in [-0.25, -0.2) is 4.39 Å². The van der Waals surface area contributed by atoms with Gasteiger partial charge in [0.05, 0.1) is 7.11 Å². The maximum atomic E-state index is 14.1. The Labute approximate surface area is 197 Å². The van der Waals surface area contributed by atoms with E-state index >= 15 is 0 Å². The van der Waals surface area contributed by atoms with Gasteiger partial charge >= 0.3 is 0 Å². The fraction of sp³-hybridized carbons (Fsp3) is 0.536. The predicted octanol–water partition coefficient (Wildman–Crippen LogP) is 6.46. The van der Waals surface area contributed by atoms with E-state index in [2.05, 4.69) is 5.32 Å². The van der Waals surface area contributed by atoms with Gasteiger partial charge in [-0.3, -0.25) is 4.79 Å². The highest BCUT2D eigenvalue weighted by Gasteiger charge is 2.44. The van der Waals surface area contributed by atoms with Crippen molar-refractivity contribution in [3.63, 3.8) is 0 Å². The second-order valence-electron chi connectivity index (χ2n) is 10.5. The highest BCUT2D eigenvalue weighted by molar-refractivity contribution is 5.97. The monoisotopic (exact) mass is 455 g/mol. The molecule has 1 saturated carbocycles. The van der Waals surface area contributed by atoms with E-state index in [1.54, 1.807) is 13.2 Å². The quantitative estimate of drug-likeness (QED) is 0.480. The molecule has 0 heterocycles. The second-order valence-corrected chi connectivity index (χ2v) is 10.5. The average Bonchev–Trinajstić information content (AvgIpc) is 2.73. The summed E-state index contributed by atoms with van der Waals surface area (Å²) in [6.45, 7) is 7.83. The van der Waals surface area contributed by atoms with Crippen LogP contribution < -0.4 is 10.1 Å². The van der Waals surface area contributed by atoms with Crippen LogP contribution in [-0.2, 0) is 10.2 Å². The number of aryl methyl sites for hydroxylation is 2. The number of amides is 1. The third kappa shape index (κ3) is 6.35. The summed E-state index contributed by atoms with van der Waals surface area (Å²) in [5.41, 5.74) is 1.13. The SMILES string of the molecule is COc1ccc(F)cc1C(C)(C)CC(O)(CC1CCCCC1)C(=O)Nc1cc(C)cc(C)c1. The number of hydrogen-bond acceptors (Lipinski definition) is 3. The number of methoxy groups -OCH3 is 1. The van der Waals surface area contributed by atoms with Gasteiger partial charge in [0.15, 0.2) is 0 Å². The van der Waals surface area contributed by atoms with Crippen LogP contribution in [0.2, 0.25) is 0 Å². The van der Waals surface area contributed by atoms with E-state index in [-0.39, 0.29) is 12.2 Å². The largest absolute Gasteiger partial charge is 0.496 e. The number of rotatable bonds is 8. The van der Waals surface area contributed by atoms with E-state index in [1.165, 1.54) is 18.6 Å². The number of benzene rings is 2. The Kier molecular flexibility index (Phi) is 7.84. The Morgan fingerprint density at radius 2 is 1.73 bits per heavy atom. The first-order valence-corrected chi connectivity index (χ1v) is 12.0. The lowest BCUT2D eigenvalue weighted by Crippen LogP contribution is -2.48. The van der Waals surface area contributed by atoms with Crippen molar-refractivity contribution < 1.29 is 19.0 Å². The van der Waals surface area contributed by atoms with Crippen LogP contribution in [0.25, 0.3) is 0 Å². The molecular formula is C28H38FNO3. The fourth-order valence-electron chi connectivity index (χ4n) is 5.44. The highest BCUT2D eigenvalue weighted by Crippen LogP contribution is 2.42. The van der Waals surface area contributed by atoms with E-state index in [0.29, 0.717) is 29.3 Å². The molecule has 1 fully saturated rings. The summed E-state index contributed by atoms with van der Waals surface area (Å²) < 4.78 is 19.6. The zero-order chi connectivity index (χ0) is 24.2. The first-order chi connectivity index (χ1) is 15.5. The van der Waals surface area contributed by atoms with Gasteiger partial charge in [-0.1, -0.05) is 52.0 Å². The minimum Gasteiger partial charge on any atom is -0.496 e. The Hall–Kier alpha value is -2.40. The molecule has 1 aliphatic carbocycles. The van der Waals surface area contributed by atoms with Gasteiger partial charge in [-0.15, -0.1) is 0 Å². The summed E-state index contributed by atoms with van der Waals surface area (Å²) in [5, 5.41) is 14.9. The molecule has 0 saturated heterocycles. The maximum absolute atomic E-state index is 14.1. The molecule has 2 aromatic rings. The molecule has 0 spiro atoms. The summed E-state index contributed by atoms with van der Waals surface area (Å²) in [6, 6.07) is 10.3. The number of hydrogen-bond donors (Lipinski definition) is 2. The van der Waals surface area contributed by atoms with Gasteiger partial charge in [0.1, 0.15) is 17.2 Å². The van der Waals surface area contributed by atoms with E-state index in [0.717, 1.165) is 36.8 Å². The van der Waals surface area contributed by atoms with E-state index < -0.39 is 16.9 Å². The Balaban J connectivity index is 1.94. The van der Waals surface area contributed by atoms with Crippen LogP contribution in [0.5, 0.6) is 5.75 Å². The van der Waals surface area contributed by atoms with Crippen molar-refractivity contribution in [3.05, 3.63) is 58.9 Å². The molecule has 33 heavy (non-hydrogen) atoms. The molecule has 4 nitrogen and oxygen atoms in total. The lowest BCUT2D eigenvalue weighted by atomic mass is 9.70. The summed E-state index contributed by atoms with van der Waals surface area (Å²) in [7, 11) is 1.55. The molecule has 0 aliphatic heterocycles. The molecule has 0 bridgehead atoms. The predicted molar refractivity (Wildman–Crippen MR) is 131 cm³/mol. The smallest absolute Gasteiger partial charge is 0.256 e. The third-order valence-electron chi connectivity index (χ3n) is 6.88. The molecule has 1 amide bonds. The molecular weight excluding hydrogens is 417 g/mol. The number of nitrogens with one attached hydrogen (secondary N) is 1. The molecule has 1 unspecified atom stereocenters. The van der Waals surface area contributed by atoms with Crippen LogP contribution in [0.3, 0.4) is 0 Å². The van der Waals surface area contributed by atoms with Crippen LogP contribution in [0, 0.1) is 25.6 Å². The number of aliphatic hydroxyl groups is 1. The van der Waals surface area contributed by atoms with Crippen molar-refractivity contribution in [2.24, 2.45) is 5.92 Å². The van der Waals surface area contributed by atoms with Crippen molar-refractivity contribution in [1.29, 1.82) is 0 Å². The average molecular weight is 456 g/mol. The van der Waals surface area contributed by atoms with Gasteiger partial charge in [0.25, 0.3) is 5.91 Å². The minimum atomic E-state index is -1.60. The summed E-state index contributed by atoms with van der Waals surface area (Å²) in [6.07, 6.45) is 6.04. The topological polar surface area (TPSA) is 58.6 Å². The number of ether oxygens (including phenoxy) is 1. The van der Waals surface area contributed by atoms with Crippen molar-refractivity contribution in [2.45, 2.75) is 83.7 Å². The normalized spacial score (nSPS) is 16.8. The summed E-state index contributed by atoms with van der Waals surface area (Å²) in [4.78, 5) is 13.6. The van der Waals surface area contributed by atoms with Crippen LogP contribution in [-0.4, -0.2) is 23.7 Å². The van der Waals surface area contributed by atoms with Gasteiger partial charge in [-0.05, 0) is 79.5 Å². The number of anilines is 1. The molecule has 0 radical (unpaired) electrons. The molecule has 1 aliphatic rings. The molecule has 5 heteroatoms. The Bertz CT molecular complexity index is 961. The molecule has 0 aromatic heterocycles. The molecule has 180 valence electrons. The summed E-state index contributed by atoms with van der Waals surface area (Å²) in [5.74, 6) is 0.0750. The van der Waals surface area contributed by atoms with Crippen LogP contribution in [0.4, 0.5) is 10.1 Å². The minimum absolute atomic E-state index is 0.160. The van der Waals surface area contributed by atoms with Gasteiger partial charge in [0.2, 0.25) is 0 Å². The zero-order valence-corrected chi connectivity index (χ0v) is 20.6. The third-order valence-corrected chi connectivity index (χ3v) is 6.88. The van der Waals surface area contributed by atoms with Crippen LogP contribution >= 0.6 is 0 Å². The summed E-state index contributed by atoms with van der Waals surface area (Å²) >= 11 is 0. The van der Waals surface area contributed by atoms with Crippen molar-refractivity contribution in [3.8, 4) is 5.75 Å². The highest BCUT2D eigenvalue weighted by atomic mass is 19.1. The standard InChI is InChI=1S/C28H38FNO3/c1-19-13-20(2)15-23(14-19)30-26(31)28(32,17-21-9-7-6-8-10-21)18-27(3,4)24-16-22(29)11-12-25(24)33-5/h11-16,21,32H,6-10,17-18H2,1-5H3,(H,30,31). The van der Waals surface area contributed by atoms with Crippen molar-refractivity contribution in [1.82, 2.24) is 0 Å². The lowest BCUT2D eigenvalue weighted by molar-refractivity contribution is -0.138. The van der Waals surface area contributed by atoms with Gasteiger partial charge in [-0.2, -0.15) is 0 Å². The first-order valence-electron chi connectivity index (χ1n) is 12.0. The second kappa shape index (κ2) is 10.3. The molecule has 2 N–H and O–H groups in total. The Morgan fingerprint density at radius 1 is 1.09 bits per heavy atom. The maximum Gasteiger partial charge on any atom is 0.256 e. The molecule has 2 aromatic carbocycles.